The second-order valence-electron chi connectivity index (χ2n) is 6.09. The van der Waals surface area contributed by atoms with Gasteiger partial charge in [0, 0.05) is 13.0 Å². The summed E-state index contributed by atoms with van der Waals surface area (Å²) in [6, 6.07) is 9.97. The van der Waals surface area contributed by atoms with Gasteiger partial charge in [-0.15, -0.1) is 0 Å². The fourth-order valence-electron chi connectivity index (χ4n) is 2.25. The Kier molecular flexibility index (Phi) is 9.33. The molecule has 3 amide bonds. The largest absolute Gasteiger partial charge is 0.445 e. The maximum absolute atomic E-state index is 11.9. The van der Waals surface area contributed by atoms with E-state index in [2.05, 4.69) is 10.6 Å². The minimum absolute atomic E-state index is 0.0469. The number of aliphatic hydroxyl groups is 1. The van der Waals surface area contributed by atoms with E-state index >= 15 is 0 Å². The van der Waals surface area contributed by atoms with Crippen molar-refractivity contribution in [1.29, 1.82) is 5.26 Å². The quantitative estimate of drug-likeness (QED) is 0.457. The normalized spacial score (nSPS) is 13.5. The molecule has 0 aliphatic rings. The van der Waals surface area contributed by atoms with Crippen LogP contribution in [0.25, 0.3) is 0 Å². The van der Waals surface area contributed by atoms with Crippen molar-refractivity contribution in [2.45, 2.75) is 38.5 Å². The predicted octanol–water partition coefficient (Wildman–Crippen LogP) is 0.184. The number of carbonyl (C=O) groups excluding carboxylic acids is 3. The smallest absolute Gasteiger partial charge is 0.407 e. The predicted molar refractivity (Wildman–Crippen MR) is 95.8 cm³/mol. The van der Waals surface area contributed by atoms with Crippen molar-refractivity contribution in [2.24, 2.45) is 11.7 Å². The van der Waals surface area contributed by atoms with E-state index in [1.807, 2.05) is 24.3 Å². The number of rotatable bonds is 10. The highest BCUT2D eigenvalue weighted by atomic mass is 16.5. The lowest BCUT2D eigenvalue weighted by Crippen LogP contribution is -2.49. The van der Waals surface area contributed by atoms with Gasteiger partial charge in [-0.3, -0.25) is 9.59 Å². The van der Waals surface area contributed by atoms with Crippen LogP contribution >= 0.6 is 0 Å². The molecule has 0 fully saturated rings. The summed E-state index contributed by atoms with van der Waals surface area (Å²) >= 11 is 0. The molecule has 0 spiro atoms. The van der Waals surface area contributed by atoms with Crippen LogP contribution in [0, 0.1) is 17.2 Å². The van der Waals surface area contributed by atoms with E-state index in [1.165, 1.54) is 0 Å². The zero-order chi connectivity index (χ0) is 20.2. The Balaban J connectivity index is 2.34. The van der Waals surface area contributed by atoms with Crippen molar-refractivity contribution in [3.05, 3.63) is 35.9 Å². The molecule has 0 heterocycles. The summed E-state index contributed by atoms with van der Waals surface area (Å²) in [7, 11) is 0. The molecule has 146 valence electrons. The standard InChI is InChI=1S/C18H24N4O5/c1-12(7-8-19)16(17(20)25)22-15(24)9-14(23)10-21-18(26)27-11-13-5-3-2-4-6-13/h2-6,12,14,16,23H,7,9-11H2,1H3,(H2,20,25)(H,21,26)(H,22,24)/t12-,14-,16-/m1/s1. The maximum atomic E-state index is 11.9. The van der Waals surface area contributed by atoms with Crippen molar-refractivity contribution >= 4 is 17.9 Å². The Morgan fingerprint density at radius 3 is 2.56 bits per heavy atom. The average molecular weight is 376 g/mol. The number of ether oxygens (including phenoxy) is 1. The fourth-order valence-corrected chi connectivity index (χ4v) is 2.25. The SMILES string of the molecule is C[C@H](CC#N)[C@@H](NC(=O)C[C@@H](O)CNC(=O)OCc1ccccc1)C(N)=O. The molecule has 5 N–H and O–H groups in total. The molecule has 1 rings (SSSR count). The van der Waals surface area contributed by atoms with Crippen molar-refractivity contribution in [1.82, 2.24) is 10.6 Å². The van der Waals surface area contributed by atoms with Crippen LogP contribution in [0.3, 0.4) is 0 Å². The van der Waals surface area contributed by atoms with Gasteiger partial charge in [-0.05, 0) is 11.5 Å². The summed E-state index contributed by atoms with van der Waals surface area (Å²) in [6.45, 7) is 1.50. The number of alkyl carbamates (subject to hydrolysis) is 1. The van der Waals surface area contributed by atoms with Crippen LogP contribution in [-0.2, 0) is 20.9 Å². The number of primary amides is 1. The molecule has 0 unspecified atom stereocenters. The third-order valence-electron chi connectivity index (χ3n) is 3.72. The summed E-state index contributed by atoms with van der Waals surface area (Å²) in [5.41, 5.74) is 6.04. The molecule has 0 saturated heterocycles. The van der Waals surface area contributed by atoms with Crippen LogP contribution < -0.4 is 16.4 Å². The summed E-state index contributed by atoms with van der Waals surface area (Å²) in [5.74, 6) is -1.83. The Labute approximate surface area is 157 Å². The number of hydrogen-bond acceptors (Lipinski definition) is 6. The Morgan fingerprint density at radius 2 is 1.96 bits per heavy atom. The second kappa shape index (κ2) is 11.5. The zero-order valence-corrected chi connectivity index (χ0v) is 15.1. The Morgan fingerprint density at radius 1 is 1.30 bits per heavy atom. The second-order valence-corrected chi connectivity index (χ2v) is 6.09. The fraction of sp³-hybridized carbons (Fsp3) is 0.444. The minimum atomic E-state index is -1.17. The lowest BCUT2D eigenvalue weighted by molar-refractivity contribution is -0.129. The molecule has 0 saturated carbocycles. The van der Waals surface area contributed by atoms with Crippen LogP contribution in [0.1, 0.15) is 25.3 Å². The first-order valence-corrected chi connectivity index (χ1v) is 8.41. The molecule has 0 aliphatic carbocycles. The number of carbonyl (C=O) groups is 3. The van der Waals surface area contributed by atoms with Crippen LogP contribution in [-0.4, -0.2) is 41.7 Å². The molecule has 1 aromatic carbocycles. The summed E-state index contributed by atoms with van der Waals surface area (Å²) in [4.78, 5) is 34.9. The summed E-state index contributed by atoms with van der Waals surface area (Å²) in [5, 5.41) is 23.3. The van der Waals surface area contributed by atoms with E-state index in [0.29, 0.717) is 0 Å². The average Bonchev–Trinajstić information content (AvgIpc) is 2.63. The molecule has 3 atom stereocenters. The Bertz CT molecular complexity index is 674. The highest BCUT2D eigenvalue weighted by molar-refractivity contribution is 5.87. The highest BCUT2D eigenvalue weighted by Crippen LogP contribution is 2.08. The molecule has 0 aliphatic heterocycles. The molecule has 9 heteroatoms. The maximum Gasteiger partial charge on any atom is 0.407 e. The number of aliphatic hydroxyl groups excluding tert-OH is 1. The number of amides is 3. The minimum Gasteiger partial charge on any atom is -0.445 e. The zero-order valence-electron chi connectivity index (χ0n) is 15.1. The van der Waals surface area contributed by atoms with E-state index in [9.17, 15) is 19.5 Å². The molecule has 9 nitrogen and oxygen atoms in total. The lowest BCUT2D eigenvalue weighted by atomic mass is 9.98. The molecular weight excluding hydrogens is 352 g/mol. The van der Waals surface area contributed by atoms with Gasteiger partial charge in [-0.2, -0.15) is 5.26 Å². The van der Waals surface area contributed by atoms with Gasteiger partial charge in [0.25, 0.3) is 0 Å². The molecule has 27 heavy (non-hydrogen) atoms. The number of nitriles is 1. The van der Waals surface area contributed by atoms with Gasteiger partial charge in [0.1, 0.15) is 12.6 Å². The van der Waals surface area contributed by atoms with E-state index in [1.54, 1.807) is 19.1 Å². The summed E-state index contributed by atoms with van der Waals surface area (Å²) in [6.07, 6.45) is -2.20. The third-order valence-corrected chi connectivity index (χ3v) is 3.72. The highest BCUT2D eigenvalue weighted by Gasteiger charge is 2.25. The molecule has 0 radical (unpaired) electrons. The number of nitrogens with one attached hydrogen (secondary N) is 2. The van der Waals surface area contributed by atoms with Gasteiger partial charge in [-0.25, -0.2) is 4.79 Å². The van der Waals surface area contributed by atoms with E-state index in [4.69, 9.17) is 15.7 Å². The van der Waals surface area contributed by atoms with Gasteiger partial charge in [0.15, 0.2) is 0 Å². The molecule has 0 aromatic heterocycles. The van der Waals surface area contributed by atoms with E-state index in [-0.39, 0.29) is 26.0 Å². The number of benzene rings is 1. The topological polar surface area (TPSA) is 155 Å². The van der Waals surface area contributed by atoms with E-state index in [0.717, 1.165) is 5.56 Å². The van der Waals surface area contributed by atoms with Crippen LogP contribution in [0.5, 0.6) is 0 Å². The third kappa shape index (κ3) is 8.69. The number of hydrogen-bond donors (Lipinski definition) is 4. The van der Waals surface area contributed by atoms with Crippen molar-refractivity contribution in [3.8, 4) is 6.07 Å². The van der Waals surface area contributed by atoms with Gasteiger partial charge in [-0.1, -0.05) is 37.3 Å². The van der Waals surface area contributed by atoms with Crippen LogP contribution in [0.2, 0.25) is 0 Å². The number of nitrogens with two attached hydrogens (primary N) is 1. The number of nitrogens with zero attached hydrogens (tertiary/aromatic N) is 1. The molecule has 1 aromatic rings. The summed E-state index contributed by atoms with van der Waals surface area (Å²) < 4.78 is 4.98. The first-order chi connectivity index (χ1) is 12.8. The molecule has 0 bridgehead atoms. The first kappa shape index (κ1) is 21.9. The van der Waals surface area contributed by atoms with Gasteiger partial charge >= 0.3 is 6.09 Å². The van der Waals surface area contributed by atoms with Crippen molar-refractivity contribution < 1.29 is 24.2 Å². The van der Waals surface area contributed by atoms with Crippen molar-refractivity contribution in [2.75, 3.05) is 6.54 Å². The van der Waals surface area contributed by atoms with Crippen LogP contribution in [0.15, 0.2) is 30.3 Å². The van der Waals surface area contributed by atoms with Crippen LogP contribution in [0.4, 0.5) is 4.79 Å². The first-order valence-electron chi connectivity index (χ1n) is 8.41. The lowest BCUT2D eigenvalue weighted by Gasteiger charge is -2.21. The Hall–Kier alpha value is -3.12. The van der Waals surface area contributed by atoms with E-state index < -0.39 is 36.0 Å². The van der Waals surface area contributed by atoms with Gasteiger partial charge in [0.05, 0.1) is 18.6 Å². The monoisotopic (exact) mass is 376 g/mol. The van der Waals surface area contributed by atoms with Gasteiger partial charge in [0.2, 0.25) is 11.8 Å². The van der Waals surface area contributed by atoms with Crippen molar-refractivity contribution in [3.63, 3.8) is 0 Å². The van der Waals surface area contributed by atoms with Gasteiger partial charge < -0.3 is 26.2 Å². The molecular formula is C18H24N4O5.